The van der Waals surface area contributed by atoms with E-state index in [1.165, 1.54) is 0 Å². The summed E-state index contributed by atoms with van der Waals surface area (Å²) in [4.78, 5) is 15.7. The zero-order valence-corrected chi connectivity index (χ0v) is 12.9. The van der Waals surface area contributed by atoms with E-state index < -0.39 is 0 Å². The lowest BCUT2D eigenvalue weighted by molar-refractivity contribution is 0.0925. The van der Waals surface area contributed by atoms with Gasteiger partial charge in [0.2, 0.25) is 0 Å². The first-order chi connectivity index (χ1) is 7.59. The molecule has 1 heterocycles. The van der Waals surface area contributed by atoms with Gasteiger partial charge in [0, 0.05) is 22.8 Å². The lowest BCUT2D eigenvalue weighted by Crippen LogP contribution is -2.55. The van der Waals surface area contributed by atoms with E-state index in [0.717, 1.165) is 23.7 Å². The van der Waals surface area contributed by atoms with E-state index >= 15 is 0 Å². The van der Waals surface area contributed by atoms with Crippen molar-refractivity contribution in [2.24, 2.45) is 5.73 Å². The topological polar surface area (TPSA) is 68.0 Å². The standard InChI is InChI=1S/C11H14BrN3O.2ClH/c12-8-2-3-9(14-6-8)10(16)15-7-11(13)4-1-5-11;;/h2-3,6H,1,4-5,7,13H2,(H,15,16);2*1H. The number of halogens is 3. The van der Waals surface area contributed by atoms with Crippen LogP contribution in [0.5, 0.6) is 0 Å². The third-order valence-corrected chi connectivity index (χ3v) is 3.38. The molecule has 0 unspecified atom stereocenters. The van der Waals surface area contributed by atoms with Gasteiger partial charge in [0.1, 0.15) is 5.69 Å². The molecule has 0 atom stereocenters. The average Bonchev–Trinajstić information content (AvgIpc) is 2.24. The molecule has 3 N–H and O–H groups in total. The Labute approximate surface area is 127 Å². The van der Waals surface area contributed by atoms with Gasteiger partial charge in [-0.15, -0.1) is 24.8 Å². The first-order valence-corrected chi connectivity index (χ1v) is 6.07. The minimum atomic E-state index is -0.189. The highest BCUT2D eigenvalue weighted by Gasteiger charge is 2.32. The van der Waals surface area contributed by atoms with Gasteiger partial charge in [0.15, 0.2) is 0 Å². The summed E-state index contributed by atoms with van der Waals surface area (Å²) in [5.74, 6) is -0.163. The minimum Gasteiger partial charge on any atom is -0.349 e. The van der Waals surface area contributed by atoms with Crippen LogP contribution in [0.3, 0.4) is 0 Å². The van der Waals surface area contributed by atoms with Crippen LogP contribution in [0.25, 0.3) is 0 Å². The number of carbonyl (C=O) groups excluding carboxylic acids is 1. The fraction of sp³-hybridized carbons (Fsp3) is 0.455. The minimum absolute atomic E-state index is 0. The second kappa shape index (κ2) is 7.28. The van der Waals surface area contributed by atoms with Crippen molar-refractivity contribution in [2.45, 2.75) is 24.8 Å². The number of pyridine rings is 1. The Morgan fingerprint density at radius 3 is 2.56 bits per heavy atom. The number of rotatable bonds is 3. The van der Waals surface area contributed by atoms with E-state index in [-0.39, 0.29) is 36.3 Å². The van der Waals surface area contributed by atoms with Gasteiger partial charge >= 0.3 is 0 Å². The SMILES string of the molecule is Cl.Cl.NC1(CNC(=O)c2ccc(Br)cn2)CCC1. The molecule has 4 nitrogen and oxygen atoms in total. The summed E-state index contributed by atoms with van der Waals surface area (Å²) >= 11 is 3.27. The van der Waals surface area contributed by atoms with Crippen molar-refractivity contribution in [1.29, 1.82) is 0 Å². The molecule has 0 bridgehead atoms. The summed E-state index contributed by atoms with van der Waals surface area (Å²) in [6, 6.07) is 3.48. The second-order valence-corrected chi connectivity index (χ2v) is 5.18. The summed E-state index contributed by atoms with van der Waals surface area (Å²) in [6.45, 7) is 0.531. The Balaban J connectivity index is 0.00000144. The zero-order valence-electron chi connectivity index (χ0n) is 9.69. The largest absolute Gasteiger partial charge is 0.349 e. The molecule has 7 heteroatoms. The lowest BCUT2D eigenvalue weighted by Gasteiger charge is -2.38. The summed E-state index contributed by atoms with van der Waals surface area (Å²) in [5.41, 5.74) is 6.24. The summed E-state index contributed by atoms with van der Waals surface area (Å²) in [7, 11) is 0. The molecule has 2 rings (SSSR count). The van der Waals surface area contributed by atoms with Crippen LogP contribution in [0.2, 0.25) is 0 Å². The molecule has 1 amide bonds. The molecular weight excluding hydrogens is 341 g/mol. The zero-order chi connectivity index (χ0) is 11.6. The van der Waals surface area contributed by atoms with Gasteiger partial charge in [-0.2, -0.15) is 0 Å². The number of nitrogens with two attached hydrogens (primary N) is 1. The molecule has 0 aromatic carbocycles. The number of hydrogen-bond donors (Lipinski definition) is 2. The maximum absolute atomic E-state index is 11.7. The Bertz CT molecular complexity index is 396. The third kappa shape index (κ3) is 4.39. The smallest absolute Gasteiger partial charge is 0.269 e. The number of amides is 1. The van der Waals surface area contributed by atoms with E-state index in [4.69, 9.17) is 5.73 Å². The van der Waals surface area contributed by atoms with E-state index in [1.54, 1.807) is 18.3 Å². The van der Waals surface area contributed by atoms with Gasteiger partial charge in [-0.3, -0.25) is 4.79 Å². The van der Waals surface area contributed by atoms with Crippen molar-refractivity contribution in [3.05, 3.63) is 28.5 Å². The molecule has 0 aliphatic heterocycles. The molecule has 1 aliphatic carbocycles. The highest BCUT2D eigenvalue weighted by Crippen LogP contribution is 2.28. The van der Waals surface area contributed by atoms with Gasteiger partial charge in [-0.05, 0) is 47.3 Å². The first kappa shape index (κ1) is 17.6. The molecule has 0 radical (unpaired) electrons. The molecule has 1 aromatic heterocycles. The van der Waals surface area contributed by atoms with Gasteiger partial charge in [-0.25, -0.2) is 4.98 Å². The first-order valence-electron chi connectivity index (χ1n) is 5.28. The number of aromatic nitrogens is 1. The van der Waals surface area contributed by atoms with Gasteiger partial charge < -0.3 is 11.1 Å². The Morgan fingerprint density at radius 2 is 2.11 bits per heavy atom. The summed E-state index contributed by atoms with van der Waals surface area (Å²) in [5, 5.41) is 2.82. The highest BCUT2D eigenvalue weighted by molar-refractivity contribution is 9.10. The summed E-state index contributed by atoms with van der Waals surface area (Å²) in [6.07, 6.45) is 4.74. The third-order valence-electron chi connectivity index (χ3n) is 2.91. The molecule has 0 spiro atoms. The second-order valence-electron chi connectivity index (χ2n) is 4.26. The average molecular weight is 357 g/mol. The van der Waals surface area contributed by atoms with Crippen LogP contribution in [-0.2, 0) is 0 Å². The van der Waals surface area contributed by atoms with Crippen molar-refractivity contribution in [3.63, 3.8) is 0 Å². The maximum Gasteiger partial charge on any atom is 0.269 e. The van der Waals surface area contributed by atoms with Gasteiger partial charge in [-0.1, -0.05) is 0 Å². The predicted octanol–water partition coefficient (Wildman–Crippen LogP) is 2.30. The molecule has 18 heavy (non-hydrogen) atoms. The van der Waals surface area contributed by atoms with Crippen LogP contribution in [-0.4, -0.2) is 23.0 Å². The highest BCUT2D eigenvalue weighted by atomic mass is 79.9. The van der Waals surface area contributed by atoms with Crippen LogP contribution < -0.4 is 11.1 Å². The number of nitrogens with one attached hydrogen (secondary N) is 1. The normalized spacial score (nSPS) is 15.7. The fourth-order valence-electron chi connectivity index (χ4n) is 1.66. The Hall–Kier alpha value is -0.360. The van der Waals surface area contributed by atoms with Crippen molar-refractivity contribution in [1.82, 2.24) is 10.3 Å². The molecule has 1 fully saturated rings. The molecule has 0 saturated heterocycles. The fourth-order valence-corrected chi connectivity index (χ4v) is 1.90. The van der Waals surface area contributed by atoms with Crippen LogP contribution in [0.4, 0.5) is 0 Å². The van der Waals surface area contributed by atoms with Crippen LogP contribution in [0.15, 0.2) is 22.8 Å². The number of nitrogens with zero attached hydrogens (tertiary/aromatic N) is 1. The molecule has 1 saturated carbocycles. The molecule has 1 aromatic rings. The van der Waals surface area contributed by atoms with Crippen molar-refractivity contribution >= 4 is 46.7 Å². The van der Waals surface area contributed by atoms with Gasteiger partial charge in [0.25, 0.3) is 5.91 Å². The van der Waals surface area contributed by atoms with Crippen LogP contribution in [0.1, 0.15) is 29.8 Å². The van der Waals surface area contributed by atoms with Crippen LogP contribution in [0, 0.1) is 0 Å². The predicted molar refractivity (Wildman–Crippen MR) is 79.5 cm³/mol. The van der Waals surface area contributed by atoms with Crippen molar-refractivity contribution < 1.29 is 4.79 Å². The molecular formula is C11H16BrCl2N3O. The van der Waals surface area contributed by atoms with E-state index in [1.807, 2.05) is 0 Å². The monoisotopic (exact) mass is 355 g/mol. The van der Waals surface area contributed by atoms with E-state index in [9.17, 15) is 4.79 Å². The maximum atomic E-state index is 11.7. The quantitative estimate of drug-likeness (QED) is 0.873. The van der Waals surface area contributed by atoms with Gasteiger partial charge in [0.05, 0.1) is 0 Å². The van der Waals surface area contributed by atoms with E-state index in [0.29, 0.717) is 12.2 Å². The molecule has 102 valence electrons. The van der Waals surface area contributed by atoms with Crippen LogP contribution >= 0.6 is 40.7 Å². The van der Waals surface area contributed by atoms with Crippen molar-refractivity contribution in [3.8, 4) is 0 Å². The molecule has 1 aliphatic rings. The number of hydrogen-bond acceptors (Lipinski definition) is 3. The number of carbonyl (C=O) groups is 1. The summed E-state index contributed by atoms with van der Waals surface area (Å²) < 4.78 is 0.860. The Morgan fingerprint density at radius 1 is 1.44 bits per heavy atom. The van der Waals surface area contributed by atoms with Crippen molar-refractivity contribution in [2.75, 3.05) is 6.54 Å². The lowest BCUT2D eigenvalue weighted by atomic mass is 9.78. The Kier molecular flexibility index (Phi) is 7.14. The van der Waals surface area contributed by atoms with E-state index in [2.05, 4.69) is 26.2 Å².